The largest absolute Gasteiger partial charge is 0.295 e. The number of unbranched alkanes of at least 4 members (excludes halogenated alkanes) is 1. The highest BCUT2D eigenvalue weighted by atomic mass is 16.2. The molecule has 104 valence electrons. The van der Waals surface area contributed by atoms with Gasteiger partial charge in [0.15, 0.2) is 0 Å². The van der Waals surface area contributed by atoms with E-state index in [1.165, 1.54) is 0 Å². The Bertz CT molecular complexity index is 433. The Hall–Kier alpha value is -1.72. The smallest absolute Gasteiger partial charge is 0.242 e. The number of carbonyl (C=O) groups is 4. The van der Waals surface area contributed by atoms with Gasteiger partial charge in [-0.15, -0.1) is 0 Å². The van der Waals surface area contributed by atoms with Crippen LogP contribution in [-0.4, -0.2) is 35.1 Å². The maximum Gasteiger partial charge on any atom is 0.242 e. The zero-order chi connectivity index (χ0) is 14.4. The van der Waals surface area contributed by atoms with Crippen LogP contribution in [0.3, 0.4) is 0 Å². The zero-order valence-electron chi connectivity index (χ0n) is 11.4. The van der Waals surface area contributed by atoms with Gasteiger partial charge in [-0.3, -0.25) is 29.4 Å². The summed E-state index contributed by atoms with van der Waals surface area (Å²) in [4.78, 5) is 49.5. The first-order valence-electron chi connectivity index (χ1n) is 6.52. The third kappa shape index (κ3) is 1.86. The molecule has 2 rings (SSSR count). The van der Waals surface area contributed by atoms with Crippen LogP contribution < -0.4 is 5.32 Å². The summed E-state index contributed by atoms with van der Waals surface area (Å²) in [5.74, 6) is -4.06. The minimum Gasteiger partial charge on any atom is -0.295 e. The van der Waals surface area contributed by atoms with Gasteiger partial charge in [0.1, 0.15) is 11.8 Å². The quantitative estimate of drug-likeness (QED) is 0.579. The molecule has 2 heterocycles. The molecule has 0 saturated carbocycles. The molecule has 0 aliphatic carbocycles. The second-order valence-corrected chi connectivity index (χ2v) is 5.72. The lowest BCUT2D eigenvalue weighted by molar-refractivity contribution is -0.175. The van der Waals surface area contributed by atoms with Crippen molar-refractivity contribution in [2.75, 3.05) is 6.54 Å². The molecule has 0 radical (unpaired) electrons. The Kier molecular flexibility index (Phi) is 3.20. The number of fused-ring (bicyclic) bond motifs is 2. The van der Waals surface area contributed by atoms with Gasteiger partial charge in [-0.1, -0.05) is 27.2 Å². The number of rotatable bonds is 3. The average Bonchev–Trinajstić information content (AvgIpc) is 2.25. The first-order valence-corrected chi connectivity index (χ1v) is 6.52. The fourth-order valence-electron chi connectivity index (χ4n) is 2.93. The fraction of sp³-hybridized carbons (Fsp3) is 0.692. The molecule has 1 N–H and O–H groups in total. The molecule has 0 spiro atoms. The Morgan fingerprint density at radius 2 is 1.53 bits per heavy atom. The highest BCUT2D eigenvalue weighted by Crippen LogP contribution is 2.44. The average molecular weight is 266 g/mol. The van der Waals surface area contributed by atoms with Gasteiger partial charge < -0.3 is 0 Å². The molecule has 2 aliphatic heterocycles. The normalized spacial score (nSPS) is 29.5. The van der Waals surface area contributed by atoms with Crippen LogP contribution in [0, 0.1) is 17.3 Å². The van der Waals surface area contributed by atoms with Crippen molar-refractivity contribution in [1.29, 1.82) is 0 Å². The summed E-state index contributed by atoms with van der Waals surface area (Å²) in [6, 6.07) is 0. The Morgan fingerprint density at radius 1 is 1.05 bits per heavy atom. The van der Waals surface area contributed by atoms with Crippen molar-refractivity contribution in [2.45, 2.75) is 33.6 Å². The van der Waals surface area contributed by atoms with E-state index in [0.717, 1.165) is 11.3 Å². The highest BCUT2D eigenvalue weighted by Gasteiger charge is 2.61. The third-order valence-electron chi connectivity index (χ3n) is 4.02. The minimum atomic E-state index is -0.954. The second kappa shape index (κ2) is 4.43. The number of piperidine rings is 2. The summed E-state index contributed by atoms with van der Waals surface area (Å²) in [5, 5.41) is 2.13. The van der Waals surface area contributed by atoms with Crippen LogP contribution in [0.4, 0.5) is 0 Å². The van der Waals surface area contributed by atoms with Crippen LogP contribution in [0.2, 0.25) is 0 Å². The number of nitrogens with zero attached hydrogens (tertiary/aromatic N) is 1. The molecule has 2 aliphatic rings. The number of likely N-dealkylation sites (tertiary alicyclic amines) is 1. The van der Waals surface area contributed by atoms with Crippen LogP contribution in [0.25, 0.3) is 0 Å². The number of carbonyl (C=O) groups excluding carboxylic acids is 4. The molecule has 2 saturated heterocycles. The van der Waals surface area contributed by atoms with E-state index in [9.17, 15) is 19.2 Å². The van der Waals surface area contributed by atoms with Gasteiger partial charge in [-0.25, -0.2) is 0 Å². The number of hydrogen-bond acceptors (Lipinski definition) is 4. The Labute approximate surface area is 111 Å². The first-order chi connectivity index (χ1) is 8.82. The molecule has 0 unspecified atom stereocenters. The molecule has 0 aromatic heterocycles. The van der Waals surface area contributed by atoms with Gasteiger partial charge in [0.05, 0.1) is 0 Å². The lowest BCUT2D eigenvalue weighted by Gasteiger charge is -2.48. The van der Waals surface area contributed by atoms with Gasteiger partial charge >= 0.3 is 0 Å². The fourth-order valence-corrected chi connectivity index (χ4v) is 2.93. The molecule has 2 bridgehead atoms. The summed E-state index contributed by atoms with van der Waals surface area (Å²) in [6.07, 6.45) is 1.50. The Balaban J connectivity index is 2.42. The van der Waals surface area contributed by atoms with E-state index in [1.807, 2.05) is 6.92 Å². The van der Waals surface area contributed by atoms with Gasteiger partial charge in [0, 0.05) is 12.0 Å². The molecule has 19 heavy (non-hydrogen) atoms. The molecule has 2 fully saturated rings. The summed E-state index contributed by atoms with van der Waals surface area (Å²) in [7, 11) is 0. The summed E-state index contributed by atoms with van der Waals surface area (Å²) in [5.41, 5.74) is -0.948. The summed E-state index contributed by atoms with van der Waals surface area (Å²) < 4.78 is 0. The van der Waals surface area contributed by atoms with E-state index < -0.39 is 40.9 Å². The van der Waals surface area contributed by atoms with E-state index in [0.29, 0.717) is 6.42 Å². The van der Waals surface area contributed by atoms with E-state index in [1.54, 1.807) is 13.8 Å². The molecule has 0 aromatic carbocycles. The maximum absolute atomic E-state index is 12.3. The molecule has 2 atom stereocenters. The van der Waals surface area contributed by atoms with Crippen LogP contribution in [-0.2, 0) is 19.2 Å². The predicted molar refractivity (Wildman–Crippen MR) is 65.5 cm³/mol. The number of hydrogen-bond donors (Lipinski definition) is 1. The van der Waals surface area contributed by atoms with Crippen molar-refractivity contribution in [3.8, 4) is 0 Å². The van der Waals surface area contributed by atoms with Crippen LogP contribution in [0.15, 0.2) is 0 Å². The molecular formula is C13H18N2O4. The van der Waals surface area contributed by atoms with E-state index >= 15 is 0 Å². The van der Waals surface area contributed by atoms with Crippen molar-refractivity contribution in [1.82, 2.24) is 10.2 Å². The van der Waals surface area contributed by atoms with E-state index in [4.69, 9.17) is 0 Å². The molecule has 6 heteroatoms. The minimum absolute atomic E-state index is 0.276. The zero-order valence-corrected chi connectivity index (χ0v) is 11.4. The lowest BCUT2D eigenvalue weighted by atomic mass is 9.62. The second-order valence-electron chi connectivity index (χ2n) is 5.72. The van der Waals surface area contributed by atoms with Crippen molar-refractivity contribution in [3.63, 3.8) is 0 Å². The molecular weight excluding hydrogens is 248 g/mol. The van der Waals surface area contributed by atoms with E-state index in [2.05, 4.69) is 5.32 Å². The van der Waals surface area contributed by atoms with Gasteiger partial charge in [-0.2, -0.15) is 0 Å². The summed E-state index contributed by atoms with van der Waals surface area (Å²) >= 11 is 0. The Morgan fingerprint density at radius 3 is 1.95 bits per heavy atom. The number of amides is 4. The first kappa shape index (κ1) is 13.7. The SMILES string of the molecule is CCCCN1C(=O)[C@H]2C(=O)NC(=O)[C@@H](C1=O)C2(C)C. The van der Waals surface area contributed by atoms with Gasteiger partial charge in [0.2, 0.25) is 23.6 Å². The topological polar surface area (TPSA) is 83.6 Å². The van der Waals surface area contributed by atoms with Crippen molar-refractivity contribution < 1.29 is 19.2 Å². The number of imide groups is 2. The molecule has 6 nitrogen and oxygen atoms in total. The van der Waals surface area contributed by atoms with Gasteiger partial charge in [0.25, 0.3) is 0 Å². The lowest BCUT2D eigenvalue weighted by Crippen LogP contribution is -2.69. The monoisotopic (exact) mass is 266 g/mol. The standard InChI is InChI=1S/C13H18N2O4/c1-4-5-6-15-11(18)7-9(16)14-10(17)8(12(15)19)13(7,2)3/h7-8H,4-6H2,1-3H3,(H,14,16,17)/t7-,8+. The van der Waals surface area contributed by atoms with Crippen molar-refractivity contribution >= 4 is 23.6 Å². The molecule has 4 amide bonds. The summed E-state index contributed by atoms with van der Waals surface area (Å²) in [6.45, 7) is 5.48. The maximum atomic E-state index is 12.3. The molecule has 0 aromatic rings. The van der Waals surface area contributed by atoms with Crippen molar-refractivity contribution in [2.24, 2.45) is 17.3 Å². The number of nitrogens with one attached hydrogen (secondary N) is 1. The third-order valence-corrected chi connectivity index (χ3v) is 4.02. The highest BCUT2D eigenvalue weighted by molar-refractivity contribution is 6.22. The van der Waals surface area contributed by atoms with Crippen LogP contribution >= 0.6 is 0 Å². The predicted octanol–water partition coefficient (Wildman–Crippen LogP) is 0.0703. The van der Waals surface area contributed by atoms with E-state index in [-0.39, 0.29) is 6.54 Å². The van der Waals surface area contributed by atoms with Crippen LogP contribution in [0.5, 0.6) is 0 Å². The van der Waals surface area contributed by atoms with Crippen molar-refractivity contribution in [3.05, 3.63) is 0 Å². The van der Waals surface area contributed by atoms with Gasteiger partial charge in [-0.05, 0) is 6.42 Å². The van der Waals surface area contributed by atoms with Crippen LogP contribution in [0.1, 0.15) is 33.6 Å².